The molecule has 2 aromatic carbocycles. The molecule has 27 heavy (non-hydrogen) atoms. The summed E-state index contributed by atoms with van der Waals surface area (Å²) in [6, 6.07) is 16.7. The number of hydrogen-bond acceptors (Lipinski definition) is 3. The van der Waals surface area contributed by atoms with Crippen LogP contribution in [0.1, 0.15) is 19.4 Å². The Morgan fingerprint density at radius 3 is 1.93 bits per heavy atom. The van der Waals surface area contributed by atoms with E-state index in [4.69, 9.17) is 0 Å². The van der Waals surface area contributed by atoms with Gasteiger partial charge in [0.2, 0.25) is 5.91 Å². The minimum atomic E-state index is -0.676. The number of rotatable bonds is 6. The van der Waals surface area contributed by atoms with Crippen LogP contribution in [0.2, 0.25) is 0 Å². The van der Waals surface area contributed by atoms with Crippen molar-refractivity contribution >= 4 is 16.9 Å². The monoisotopic (exact) mass is 365 g/mol. The van der Waals surface area contributed by atoms with Gasteiger partial charge >= 0.3 is 11.1 Å². The number of amides is 1. The summed E-state index contributed by atoms with van der Waals surface area (Å²) in [4.78, 5) is 39.8. The van der Waals surface area contributed by atoms with Gasteiger partial charge in [-0.05, 0) is 31.5 Å². The summed E-state index contributed by atoms with van der Waals surface area (Å²) in [6.45, 7) is 5.07. The van der Waals surface area contributed by atoms with E-state index in [1.807, 2.05) is 50.2 Å². The maximum Gasteiger partial charge on any atom is 0.317 e. The van der Waals surface area contributed by atoms with Crippen molar-refractivity contribution in [3.05, 3.63) is 80.9 Å². The first kappa shape index (κ1) is 18.6. The Morgan fingerprint density at radius 2 is 1.33 bits per heavy atom. The van der Waals surface area contributed by atoms with Gasteiger partial charge in [0.05, 0.1) is 17.6 Å². The topological polar surface area (TPSA) is 64.3 Å². The van der Waals surface area contributed by atoms with Crippen molar-refractivity contribution in [2.24, 2.45) is 0 Å². The van der Waals surface area contributed by atoms with Gasteiger partial charge < -0.3 is 4.90 Å². The molecule has 0 aliphatic heterocycles. The van der Waals surface area contributed by atoms with Gasteiger partial charge in [-0.1, -0.05) is 42.5 Å². The zero-order valence-electron chi connectivity index (χ0n) is 15.6. The number of benzene rings is 2. The zero-order valence-corrected chi connectivity index (χ0v) is 15.6. The second-order valence-electron chi connectivity index (χ2n) is 6.32. The number of carbonyl (C=O) groups is 1. The Labute approximate surface area is 157 Å². The second kappa shape index (κ2) is 8.03. The first-order valence-corrected chi connectivity index (χ1v) is 9.10. The smallest absolute Gasteiger partial charge is 0.317 e. The molecule has 0 aliphatic rings. The number of carbonyl (C=O) groups excluding carboxylic acids is 1. The van der Waals surface area contributed by atoms with Gasteiger partial charge in [-0.15, -0.1) is 0 Å². The van der Waals surface area contributed by atoms with E-state index in [2.05, 4.69) is 0 Å². The van der Waals surface area contributed by atoms with Gasteiger partial charge in [-0.3, -0.25) is 23.5 Å². The maximum atomic E-state index is 12.8. The average molecular weight is 365 g/mol. The van der Waals surface area contributed by atoms with Crippen molar-refractivity contribution in [3.8, 4) is 0 Å². The van der Waals surface area contributed by atoms with Gasteiger partial charge in [0.1, 0.15) is 6.54 Å². The highest BCUT2D eigenvalue weighted by atomic mass is 16.2. The van der Waals surface area contributed by atoms with Gasteiger partial charge in [0, 0.05) is 13.1 Å². The van der Waals surface area contributed by atoms with Crippen molar-refractivity contribution < 1.29 is 4.79 Å². The molecule has 0 radical (unpaired) electrons. The quantitative estimate of drug-likeness (QED) is 0.628. The first-order valence-electron chi connectivity index (χ1n) is 9.10. The van der Waals surface area contributed by atoms with Gasteiger partial charge in [0.25, 0.3) is 0 Å². The van der Waals surface area contributed by atoms with Gasteiger partial charge in [0.15, 0.2) is 0 Å². The molecule has 6 nitrogen and oxygen atoms in total. The van der Waals surface area contributed by atoms with Crippen molar-refractivity contribution in [2.75, 3.05) is 13.1 Å². The number of para-hydroxylation sites is 2. The van der Waals surface area contributed by atoms with E-state index in [1.54, 1.807) is 23.1 Å². The molecule has 0 fully saturated rings. The van der Waals surface area contributed by atoms with Crippen molar-refractivity contribution in [1.29, 1.82) is 0 Å². The van der Waals surface area contributed by atoms with Gasteiger partial charge in [-0.25, -0.2) is 0 Å². The third-order valence-corrected chi connectivity index (χ3v) is 4.73. The fraction of sp³-hybridized carbons (Fsp3) is 0.286. The highest BCUT2D eigenvalue weighted by molar-refractivity contribution is 5.80. The predicted octanol–water partition coefficient (Wildman–Crippen LogP) is 2.08. The lowest BCUT2D eigenvalue weighted by Gasteiger charge is -2.20. The Kier molecular flexibility index (Phi) is 5.54. The fourth-order valence-corrected chi connectivity index (χ4v) is 3.26. The van der Waals surface area contributed by atoms with E-state index >= 15 is 0 Å². The van der Waals surface area contributed by atoms with Gasteiger partial charge in [-0.2, -0.15) is 0 Å². The molecule has 1 aromatic heterocycles. The Balaban J connectivity index is 2.14. The van der Waals surface area contributed by atoms with Crippen molar-refractivity contribution in [1.82, 2.24) is 14.0 Å². The molecule has 0 spiro atoms. The summed E-state index contributed by atoms with van der Waals surface area (Å²) in [5, 5.41) is 0. The van der Waals surface area contributed by atoms with Crippen LogP contribution in [0.5, 0.6) is 0 Å². The molecule has 0 saturated heterocycles. The molecule has 3 rings (SSSR count). The number of fused-ring (bicyclic) bond motifs is 1. The molecule has 0 unspecified atom stereocenters. The fourth-order valence-electron chi connectivity index (χ4n) is 3.26. The number of hydrogen-bond donors (Lipinski definition) is 0. The zero-order chi connectivity index (χ0) is 19.4. The van der Waals surface area contributed by atoms with Crippen LogP contribution in [0.15, 0.2) is 64.2 Å². The number of likely N-dealkylation sites (N-methyl/N-ethyl adjacent to an activating group) is 1. The molecule has 1 heterocycles. The summed E-state index contributed by atoms with van der Waals surface area (Å²) >= 11 is 0. The van der Waals surface area contributed by atoms with Crippen molar-refractivity contribution in [3.63, 3.8) is 0 Å². The lowest BCUT2D eigenvalue weighted by Crippen LogP contribution is -2.44. The van der Waals surface area contributed by atoms with Crippen LogP contribution in [-0.2, 0) is 17.9 Å². The Bertz CT molecular complexity index is 1060. The molecule has 0 bridgehead atoms. The molecule has 1 amide bonds. The first-order chi connectivity index (χ1) is 13.1. The van der Waals surface area contributed by atoms with Crippen LogP contribution in [-0.4, -0.2) is 33.0 Å². The minimum absolute atomic E-state index is 0.136. The summed E-state index contributed by atoms with van der Waals surface area (Å²) in [5.74, 6) is -0.174. The molecule has 140 valence electrons. The van der Waals surface area contributed by atoms with Crippen LogP contribution in [0, 0.1) is 0 Å². The lowest BCUT2D eigenvalue weighted by atomic mass is 10.2. The summed E-state index contributed by atoms with van der Waals surface area (Å²) in [7, 11) is 0. The summed E-state index contributed by atoms with van der Waals surface area (Å²) < 4.78 is 2.77. The molecule has 0 atom stereocenters. The molecule has 6 heteroatoms. The second-order valence-corrected chi connectivity index (χ2v) is 6.32. The van der Waals surface area contributed by atoms with Crippen LogP contribution < -0.4 is 11.1 Å². The predicted molar refractivity (Wildman–Crippen MR) is 106 cm³/mol. The molecular weight excluding hydrogens is 342 g/mol. The molecular formula is C21H23N3O3. The minimum Gasteiger partial charge on any atom is -0.342 e. The normalized spacial score (nSPS) is 10.9. The summed E-state index contributed by atoms with van der Waals surface area (Å²) in [6.07, 6.45) is 0. The third-order valence-electron chi connectivity index (χ3n) is 4.73. The standard InChI is InChI=1S/C21H23N3O3/c1-3-22(4-2)19(25)15-24-18-13-9-8-12-17(18)23(20(26)21(24)27)14-16-10-6-5-7-11-16/h5-13H,3-4,14-15H2,1-2H3. The van der Waals surface area contributed by atoms with E-state index in [1.165, 1.54) is 9.13 Å². The van der Waals surface area contributed by atoms with E-state index in [0.717, 1.165) is 5.56 Å². The third kappa shape index (κ3) is 3.69. The SMILES string of the molecule is CCN(CC)C(=O)Cn1c(=O)c(=O)n(Cc2ccccc2)c2ccccc21. The van der Waals surface area contributed by atoms with Crippen LogP contribution in [0.25, 0.3) is 11.0 Å². The van der Waals surface area contributed by atoms with Crippen molar-refractivity contribution in [2.45, 2.75) is 26.9 Å². The van der Waals surface area contributed by atoms with E-state index in [9.17, 15) is 14.4 Å². The highest BCUT2D eigenvalue weighted by Gasteiger charge is 2.17. The Morgan fingerprint density at radius 1 is 0.815 bits per heavy atom. The molecule has 0 saturated carbocycles. The van der Waals surface area contributed by atoms with Crippen LogP contribution in [0.3, 0.4) is 0 Å². The van der Waals surface area contributed by atoms with E-state index in [0.29, 0.717) is 30.7 Å². The summed E-state index contributed by atoms with van der Waals surface area (Å²) in [5.41, 5.74) is 0.855. The lowest BCUT2D eigenvalue weighted by molar-refractivity contribution is -0.131. The number of aromatic nitrogens is 2. The molecule has 3 aromatic rings. The average Bonchev–Trinajstić information content (AvgIpc) is 2.70. The number of nitrogens with zero attached hydrogens (tertiary/aromatic N) is 3. The Hall–Kier alpha value is -3.15. The molecule has 0 aliphatic carbocycles. The highest BCUT2D eigenvalue weighted by Crippen LogP contribution is 2.12. The maximum absolute atomic E-state index is 12.8. The van der Waals surface area contributed by atoms with Crippen LogP contribution >= 0.6 is 0 Å². The van der Waals surface area contributed by atoms with E-state index in [-0.39, 0.29) is 12.5 Å². The van der Waals surface area contributed by atoms with E-state index < -0.39 is 11.1 Å². The van der Waals surface area contributed by atoms with Crippen LogP contribution in [0.4, 0.5) is 0 Å². The largest absolute Gasteiger partial charge is 0.342 e. The molecule has 0 N–H and O–H groups in total.